The molecule has 10 heteroatoms. The minimum absolute atomic E-state index is 0.0590. The van der Waals surface area contributed by atoms with Gasteiger partial charge in [0.05, 0.1) is 12.7 Å². The second kappa shape index (κ2) is 12.0. The maximum absolute atomic E-state index is 14.0. The third kappa shape index (κ3) is 5.70. The number of nitrogens with zero attached hydrogens (tertiary/aromatic N) is 5. The van der Waals surface area contributed by atoms with Crippen LogP contribution in [0.15, 0.2) is 36.5 Å². The second-order valence-corrected chi connectivity index (χ2v) is 11.2. The molecule has 41 heavy (non-hydrogen) atoms. The molecule has 3 aromatic rings. The van der Waals surface area contributed by atoms with Crippen LogP contribution in [0, 0.1) is 5.82 Å². The molecule has 2 aromatic heterocycles. The number of aromatic nitrogens is 2. The van der Waals surface area contributed by atoms with Gasteiger partial charge in [0, 0.05) is 62.9 Å². The van der Waals surface area contributed by atoms with Crippen LogP contribution >= 0.6 is 0 Å². The molecule has 1 aromatic carbocycles. The van der Waals surface area contributed by atoms with Gasteiger partial charge in [0.1, 0.15) is 17.0 Å². The maximum atomic E-state index is 14.0. The first-order valence-electron chi connectivity index (χ1n) is 14.4. The van der Waals surface area contributed by atoms with Crippen LogP contribution in [-0.2, 0) is 17.9 Å². The first-order valence-corrected chi connectivity index (χ1v) is 14.4. The topological polar surface area (TPSA) is 88.0 Å². The van der Waals surface area contributed by atoms with Crippen LogP contribution < -0.4 is 4.74 Å². The molecular weight excluding hydrogens is 525 g/mol. The van der Waals surface area contributed by atoms with E-state index in [1.807, 2.05) is 23.3 Å². The molecule has 0 radical (unpaired) electrons. The number of methoxy groups -OCH3 is 1. The summed E-state index contributed by atoms with van der Waals surface area (Å²) in [7, 11) is 1.48. The monoisotopic (exact) mass is 563 g/mol. The summed E-state index contributed by atoms with van der Waals surface area (Å²) in [5.74, 6) is -1.39. The standard InChI is InChI=1S/C31H38FN5O4/c1-5-12-35-19-26(27(38)31(40)34-13-6-7-14-34)24-15-25(29(41-4)33-28(24)35)30(39)37-17-20(2)36(16-21(37)3)18-22-8-10-23(32)11-9-22/h8-11,15,19-21H,5-7,12-14,16-18H2,1-4H3/t20-,21+/m0/s1. The largest absolute Gasteiger partial charge is 0.480 e. The molecule has 0 aliphatic carbocycles. The van der Waals surface area contributed by atoms with Gasteiger partial charge in [-0.1, -0.05) is 19.1 Å². The van der Waals surface area contributed by atoms with Crippen molar-refractivity contribution in [3.63, 3.8) is 0 Å². The van der Waals surface area contributed by atoms with Crippen molar-refractivity contribution in [1.82, 2.24) is 24.3 Å². The summed E-state index contributed by atoms with van der Waals surface area (Å²) in [5.41, 5.74) is 2.06. The number of piperazine rings is 1. The number of amides is 2. The van der Waals surface area contributed by atoms with Crippen LogP contribution in [0.4, 0.5) is 4.39 Å². The van der Waals surface area contributed by atoms with Crippen LogP contribution in [0.1, 0.15) is 66.3 Å². The number of pyridine rings is 1. The van der Waals surface area contributed by atoms with Crippen molar-refractivity contribution in [2.24, 2.45) is 0 Å². The Bertz CT molecular complexity index is 1450. The molecule has 0 saturated carbocycles. The van der Waals surface area contributed by atoms with Crippen LogP contribution in [0.5, 0.6) is 5.88 Å². The summed E-state index contributed by atoms with van der Waals surface area (Å²) in [5, 5.41) is 0.482. The summed E-state index contributed by atoms with van der Waals surface area (Å²) in [6.45, 7) is 9.65. The fraction of sp³-hybridized carbons (Fsp3) is 0.484. The molecule has 4 heterocycles. The van der Waals surface area contributed by atoms with Crippen LogP contribution in [0.25, 0.3) is 11.0 Å². The highest BCUT2D eigenvalue weighted by molar-refractivity contribution is 6.45. The molecule has 0 spiro atoms. The SMILES string of the molecule is CCCn1cc(C(=O)C(=O)N2CCCC2)c2cc(C(=O)N3C[C@H](C)N(Cc4ccc(F)cc4)C[C@H]3C)c(OC)nc21. The minimum Gasteiger partial charge on any atom is -0.480 e. The number of benzene rings is 1. The second-order valence-electron chi connectivity index (χ2n) is 11.2. The zero-order chi connectivity index (χ0) is 29.3. The fourth-order valence-corrected chi connectivity index (χ4v) is 5.95. The van der Waals surface area contributed by atoms with Gasteiger partial charge in [-0.3, -0.25) is 19.3 Å². The van der Waals surface area contributed by atoms with Crippen molar-refractivity contribution < 1.29 is 23.5 Å². The number of halogens is 1. The van der Waals surface area contributed by atoms with Crippen molar-refractivity contribution in [3.8, 4) is 5.88 Å². The van der Waals surface area contributed by atoms with Gasteiger partial charge in [0.25, 0.3) is 17.6 Å². The number of hydrogen-bond donors (Lipinski definition) is 0. The van der Waals surface area contributed by atoms with E-state index in [-0.39, 0.29) is 40.8 Å². The molecule has 2 saturated heterocycles. The molecular formula is C31H38FN5O4. The Hall–Kier alpha value is -3.79. The number of likely N-dealkylation sites (tertiary alicyclic amines) is 1. The summed E-state index contributed by atoms with van der Waals surface area (Å²) >= 11 is 0. The number of ketones is 1. The van der Waals surface area contributed by atoms with E-state index in [2.05, 4.69) is 16.8 Å². The summed E-state index contributed by atoms with van der Waals surface area (Å²) in [4.78, 5) is 50.8. The van der Waals surface area contributed by atoms with Crippen molar-refractivity contribution in [2.75, 3.05) is 33.3 Å². The summed E-state index contributed by atoms with van der Waals surface area (Å²) in [6.07, 6.45) is 4.27. The summed E-state index contributed by atoms with van der Waals surface area (Å²) in [6, 6.07) is 8.12. The van der Waals surface area contributed by atoms with E-state index in [0.717, 1.165) is 24.8 Å². The van der Waals surface area contributed by atoms with Crippen molar-refractivity contribution >= 4 is 28.6 Å². The van der Waals surface area contributed by atoms with Crippen molar-refractivity contribution in [2.45, 2.75) is 65.2 Å². The number of rotatable bonds is 8. The highest BCUT2D eigenvalue weighted by Crippen LogP contribution is 2.30. The lowest BCUT2D eigenvalue weighted by Crippen LogP contribution is -2.57. The highest BCUT2D eigenvalue weighted by atomic mass is 19.1. The van der Waals surface area contributed by atoms with Gasteiger partial charge in [0.15, 0.2) is 0 Å². The number of hydrogen-bond acceptors (Lipinski definition) is 6. The molecule has 2 aliphatic heterocycles. The summed E-state index contributed by atoms with van der Waals surface area (Å²) < 4.78 is 20.8. The van der Waals surface area contributed by atoms with E-state index in [4.69, 9.17) is 4.74 Å². The Morgan fingerprint density at radius 2 is 1.73 bits per heavy atom. The number of carbonyl (C=O) groups excluding carboxylic acids is 3. The van der Waals surface area contributed by atoms with Gasteiger partial charge in [-0.25, -0.2) is 4.39 Å². The Labute approximate surface area is 239 Å². The number of Topliss-reactive ketones (excluding diaryl/α,β-unsaturated/α-hetero) is 1. The van der Waals surface area contributed by atoms with Gasteiger partial charge in [-0.15, -0.1) is 0 Å². The van der Waals surface area contributed by atoms with Gasteiger partial charge >= 0.3 is 0 Å². The molecule has 0 N–H and O–H groups in total. The van der Waals surface area contributed by atoms with E-state index in [1.54, 1.807) is 29.3 Å². The van der Waals surface area contributed by atoms with E-state index in [1.165, 1.54) is 19.2 Å². The molecule has 5 rings (SSSR count). The Balaban J connectivity index is 1.45. The zero-order valence-electron chi connectivity index (χ0n) is 24.2. The van der Waals surface area contributed by atoms with Gasteiger partial charge in [-0.05, 0) is 56.9 Å². The molecule has 0 unspecified atom stereocenters. The van der Waals surface area contributed by atoms with Gasteiger partial charge in [0.2, 0.25) is 5.88 Å². The zero-order valence-corrected chi connectivity index (χ0v) is 24.2. The third-order valence-electron chi connectivity index (χ3n) is 8.21. The van der Waals surface area contributed by atoms with Crippen molar-refractivity contribution in [1.29, 1.82) is 0 Å². The normalized spacial score (nSPS) is 19.6. The van der Waals surface area contributed by atoms with E-state index >= 15 is 0 Å². The Morgan fingerprint density at radius 3 is 2.39 bits per heavy atom. The average molecular weight is 564 g/mol. The molecule has 2 fully saturated rings. The lowest BCUT2D eigenvalue weighted by molar-refractivity contribution is -0.125. The molecule has 2 atom stereocenters. The molecule has 2 amide bonds. The minimum atomic E-state index is -0.575. The Morgan fingerprint density at radius 1 is 1.02 bits per heavy atom. The molecule has 0 bridgehead atoms. The quantitative estimate of drug-likeness (QED) is 0.303. The first kappa shape index (κ1) is 28.7. The van der Waals surface area contributed by atoms with E-state index in [0.29, 0.717) is 50.3 Å². The number of fused-ring (bicyclic) bond motifs is 1. The van der Waals surface area contributed by atoms with E-state index in [9.17, 15) is 18.8 Å². The van der Waals surface area contributed by atoms with Crippen LogP contribution in [0.3, 0.4) is 0 Å². The molecule has 218 valence electrons. The van der Waals surface area contributed by atoms with Crippen LogP contribution in [-0.4, -0.2) is 87.2 Å². The number of carbonyl (C=O) groups is 3. The third-order valence-corrected chi connectivity index (χ3v) is 8.21. The lowest BCUT2D eigenvalue weighted by atomic mass is 10.0. The lowest BCUT2D eigenvalue weighted by Gasteiger charge is -2.44. The molecule has 9 nitrogen and oxygen atoms in total. The van der Waals surface area contributed by atoms with Gasteiger partial charge in [-0.2, -0.15) is 4.98 Å². The Kier molecular flexibility index (Phi) is 8.40. The van der Waals surface area contributed by atoms with Gasteiger partial charge < -0.3 is 19.1 Å². The smallest absolute Gasteiger partial charge is 0.295 e. The van der Waals surface area contributed by atoms with Crippen LogP contribution in [0.2, 0.25) is 0 Å². The predicted molar refractivity (Wildman–Crippen MR) is 153 cm³/mol. The predicted octanol–water partition coefficient (Wildman–Crippen LogP) is 4.13. The number of ether oxygens (including phenoxy) is 1. The maximum Gasteiger partial charge on any atom is 0.295 e. The highest BCUT2D eigenvalue weighted by Gasteiger charge is 2.35. The van der Waals surface area contributed by atoms with Crippen molar-refractivity contribution in [3.05, 3.63) is 59.0 Å². The van der Waals surface area contributed by atoms with E-state index < -0.39 is 11.7 Å². The molecule has 2 aliphatic rings. The average Bonchev–Trinajstić information content (AvgIpc) is 3.63. The first-order chi connectivity index (χ1) is 19.7. The number of aryl methyl sites for hydroxylation is 1. The fourth-order valence-electron chi connectivity index (χ4n) is 5.95.